The Balaban J connectivity index is 1.40. The third-order valence-electron chi connectivity index (χ3n) is 7.76. The van der Waals surface area contributed by atoms with Crippen molar-refractivity contribution in [2.75, 3.05) is 25.2 Å². The largest absolute Gasteiger partial charge is 0.481 e. The summed E-state index contributed by atoms with van der Waals surface area (Å²) in [5.74, 6) is 0.735. The van der Waals surface area contributed by atoms with E-state index in [9.17, 15) is 14.3 Å². The van der Waals surface area contributed by atoms with Crippen LogP contribution in [0.3, 0.4) is 0 Å². The average Bonchev–Trinajstić information content (AvgIpc) is 3.56. The molecule has 1 aliphatic heterocycles. The van der Waals surface area contributed by atoms with Crippen molar-refractivity contribution in [1.82, 2.24) is 19.5 Å². The van der Waals surface area contributed by atoms with E-state index in [0.29, 0.717) is 53.6 Å². The lowest BCUT2D eigenvalue weighted by Crippen LogP contribution is -2.25. The van der Waals surface area contributed by atoms with Crippen LogP contribution in [-0.4, -0.2) is 50.8 Å². The third-order valence-corrected chi connectivity index (χ3v) is 7.76. The summed E-state index contributed by atoms with van der Waals surface area (Å²) in [5, 5.41) is 9.44. The first-order valence-corrected chi connectivity index (χ1v) is 13.7. The molecule has 2 atom stereocenters. The number of hydrogen-bond acceptors (Lipinski definition) is 6. The normalized spacial score (nSPS) is 15.9. The molecule has 1 fully saturated rings. The number of nitrogens with zero attached hydrogens (tertiary/aromatic N) is 5. The van der Waals surface area contributed by atoms with Crippen LogP contribution < -0.4 is 9.64 Å². The molecule has 0 aliphatic carbocycles. The molecule has 6 rings (SSSR count). The maximum absolute atomic E-state index is 15.4. The second kappa shape index (κ2) is 11.3. The number of fused-ring (bicyclic) bond motifs is 1. The summed E-state index contributed by atoms with van der Waals surface area (Å²) in [7, 11) is 1.52. The van der Waals surface area contributed by atoms with Gasteiger partial charge in [-0.2, -0.15) is 0 Å². The van der Waals surface area contributed by atoms with E-state index >= 15 is 4.39 Å². The zero-order valence-corrected chi connectivity index (χ0v) is 23.2. The Morgan fingerprint density at radius 2 is 1.86 bits per heavy atom. The summed E-state index contributed by atoms with van der Waals surface area (Å²) in [5.41, 5.74) is 3.90. The van der Waals surface area contributed by atoms with E-state index in [1.807, 2.05) is 17.6 Å². The molecule has 1 unspecified atom stereocenters. The predicted molar refractivity (Wildman–Crippen MR) is 154 cm³/mol. The highest BCUT2D eigenvalue weighted by Crippen LogP contribution is 2.33. The van der Waals surface area contributed by atoms with Crippen LogP contribution in [0.1, 0.15) is 36.3 Å². The second-order valence-corrected chi connectivity index (χ2v) is 10.5. The fourth-order valence-electron chi connectivity index (χ4n) is 5.48. The minimum absolute atomic E-state index is 0.0416. The van der Waals surface area contributed by atoms with Crippen molar-refractivity contribution in [2.24, 2.45) is 5.92 Å². The van der Waals surface area contributed by atoms with Gasteiger partial charge in [0.15, 0.2) is 0 Å². The number of aliphatic hydroxyl groups is 1. The third kappa shape index (κ3) is 5.21. The van der Waals surface area contributed by atoms with Crippen LogP contribution in [0.25, 0.3) is 22.2 Å². The number of ether oxygens (including phenoxy) is 1. The average molecular weight is 570 g/mol. The SMILES string of the molecule is COc1ccc(-c2cc3c(cc2F)nc(Cc2ccc(N4CC(CO)CC4=O)nc2)n3[C@@H](C)c2ccc(F)cc2)cn1. The number of halogens is 2. The van der Waals surface area contributed by atoms with E-state index in [2.05, 4.69) is 9.97 Å². The quantitative estimate of drug-likeness (QED) is 0.272. The molecular formula is C32H29F2N5O3. The summed E-state index contributed by atoms with van der Waals surface area (Å²) < 4.78 is 36.3. The van der Waals surface area contributed by atoms with E-state index in [4.69, 9.17) is 9.72 Å². The summed E-state index contributed by atoms with van der Waals surface area (Å²) >= 11 is 0. The Hall–Kier alpha value is -4.70. The molecule has 4 heterocycles. The van der Waals surface area contributed by atoms with Gasteiger partial charge >= 0.3 is 0 Å². The van der Waals surface area contributed by atoms with Crippen LogP contribution in [-0.2, 0) is 11.2 Å². The number of methoxy groups -OCH3 is 1. The van der Waals surface area contributed by atoms with Crippen molar-refractivity contribution < 1.29 is 23.4 Å². The van der Waals surface area contributed by atoms with Gasteiger partial charge in [0.1, 0.15) is 23.3 Å². The van der Waals surface area contributed by atoms with Gasteiger partial charge in [0.05, 0.1) is 24.2 Å². The fourth-order valence-corrected chi connectivity index (χ4v) is 5.48. The first kappa shape index (κ1) is 27.5. The standard InChI is InChI=1S/C32H29F2N5O3/c1-19(22-4-7-24(33)8-5-22)39-28-13-25(23-6-10-31(42-2)36-16-23)26(34)14-27(28)37-30(39)11-20-3-9-29(35-15-20)38-17-21(18-40)12-32(38)41/h3-10,13-16,19,21,40H,11-12,17-18H2,1-2H3/t19-,21?/m0/s1. The van der Waals surface area contributed by atoms with Crippen molar-refractivity contribution in [2.45, 2.75) is 25.8 Å². The first-order chi connectivity index (χ1) is 20.3. The van der Waals surface area contributed by atoms with Gasteiger partial charge in [0.25, 0.3) is 0 Å². The molecule has 1 saturated heterocycles. The van der Waals surface area contributed by atoms with Crippen LogP contribution in [0.15, 0.2) is 73.1 Å². The Kier molecular flexibility index (Phi) is 7.38. The lowest BCUT2D eigenvalue weighted by molar-refractivity contribution is -0.117. The summed E-state index contributed by atoms with van der Waals surface area (Å²) in [6.07, 6.45) is 3.96. The van der Waals surface area contributed by atoms with E-state index in [1.54, 1.807) is 53.7 Å². The molecule has 8 nitrogen and oxygen atoms in total. The van der Waals surface area contributed by atoms with Crippen molar-refractivity contribution in [1.29, 1.82) is 0 Å². The minimum Gasteiger partial charge on any atom is -0.481 e. The molecule has 0 bridgehead atoms. The number of benzene rings is 2. The zero-order chi connectivity index (χ0) is 29.4. The number of hydrogen-bond donors (Lipinski definition) is 1. The summed E-state index contributed by atoms with van der Waals surface area (Å²) in [6.45, 7) is 2.39. The number of imidazole rings is 1. The lowest BCUT2D eigenvalue weighted by Gasteiger charge is -2.19. The Morgan fingerprint density at radius 3 is 2.50 bits per heavy atom. The number of anilines is 1. The van der Waals surface area contributed by atoms with Gasteiger partial charge in [-0.15, -0.1) is 0 Å². The Morgan fingerprint density at radius 1 is 1.05 bits per heavy atom. The maximum atomic E-state index is 15.4. The van der Waals surface area contributed by atoms with Gasteiger partial charge in [-0.05, 0) is 48.4 Å². The van der Waals surface area contributed by atoms with E-state index in [0.717, 1.165) is 16.6 Å². The van der Waals surface area contributed by atoms with Gasteiger partial charge < -0.3 is 14.4 Å². The van der Waals surface area contributed by atoms with E-state index in [-0.39, 0.29) is 30.3 Å². The molecule has 1 N–H and O–H groups in total. The van der Waals surface area contributed by atoms with Crippen molar-refractivity contribution >= 4 is 22.8 Å². The van der Waals surface area contributed by atoms with Crippen molar-refractivity contribution in [3.8, 4) is 17.0 Å². The lowest BCUT2D eigenvalue weighted by atomic mass is 10.0. The van der Waals surface area contributed by atoms with Gasteiger partial charge in [-0.1, -0.05) is 18.2 Å². The molecule has 0 spiro atoms. The van der Waals surface area contributed by atoms with E-state index in [1.165, 1.54) is 25.3 Å². The molecule has 3 aromatic heterocycles. The van der Waals surface area contributed by atoms with Crippen LogP contribution >= 0.6 is 0 Å². The van der Waals surface area contributed by atoms with Gasteiger partial charge in [0.2, 0.25) is 11.8 Å². The zero-order valence-electron chi connectivity index (χ0n) is 23.2. The highest BCUT2D eigenvalue weighted by Gasteiger charge is 2.30. The van der Waals surface area contributed by atoms with Crippen LogP contribution in [0, 0.1) is 17.6 Å². The van der Waals surface area contributed by atoms with Crippen LogP contribution in [0.5, 0.6) is 5.88 Å². The molecule has 214 valence electrons. The smallest absolute Gasteiger partial charge is 0.228 e. The Labute approximate surface area is 241 Å². The molecule has 1 aliphatic rings. The number of aliphatic hydroxyl groups excluding tert-OH is 1. The number of carbonyl (C=O) groups is 1. The molecule has 0 radical (unpaired) electrons. The molecule has 2 aromatic carbocycles. The number of rotatable bonds is 8. The predicted octanol–water partition coefficient (Wildman–Crippen LogP) is 5.33. The molecular weight excluding hydrogens is 540 g/mol. The molecule has 10 heteroatoms. The van der Waals surface area contributed by atoms with E-state index < -0.39 is 5.82 Å². The van der Waals surface area contributed by atoms with Gasteiger partial charge in [-0.25, -0.2) is 23.7 Å². The molecule has 1 amide bonds. The summed E-state index contributed by atoms with van der Waals surface area (Å²) in [6, 6.07) is 16.4. The van der Waals surface area contributed by atoms with Gasteiger partial charge in [-0.3, -0.25) is 9.69 Å². The van der Waals surface area contributed by atoms with Crippen LogP contribution in [0.4, 0.5) is 14.6 Å². The highest BCUT2D eigenvalue weighted by molar-refractivity contribution is 5.94. The molecule has 42 heavy (non-hydrogen) atoms. The van der Waals surface area contributed by atoms with Gasteiger partial charge in [0, 0.05) is 67.6 Å². The number of carbonyl (C=O) groups excluding carboxylic acids is 1. The van der Waals surface area contributed by atoms with Crippen molar-refractivity contribution in [3.63, 3.8) is 0 Å². The molecule has 0 saturated carbocycles. The second-order valence-electron chi connectivity index (χ2n) is 10.5. The Bertz CT molecular complexity index is 1740. The number of pyridine rings is 2. The fraction of sp³-hybridized carbons (Fsp3) is 0.250. The maximum Gasteiger partial charge on any atom is 0.228 e. The van der Waals surface area contributed by atoms with Crippen LogP contribution in [0.2, 0.25) is 0 Å². The van der Waals surface area contributed by atoms with Crippen molar-refractivity contribution in [3.05, 3.63) is 102 Å². The number of aromatic nitrogens is 4. The monoisotopic (exact) mass is 569 g/mol. The topological polar surface area (TPSA) is 93.4 Å². The minimum atomic E-state index is -0.428. The highest BCUT2D eigenvalue weighted by atomic mass is 19.1. The molecule has 5 aromatic rings. The number of amides is 1. The first-order valence-electron chi connectivity index (χ1n) is 13.7. The summed E-state index contributed by atoms with van der Waals surface area (Å²) in [4.78, 5) is 27.5.